The second-order valence-electron chi connectivity index (χ2n) is 4.85. The molecular weight excluding hydrogens is 280 g/mol. The fourth-order valence-corrected chi connectivity index (χ4v) is 2.25. The molecule has 0 aliphatic carbocycles. The first kappa shape index (κ1) is 16.0. The molecule has 1 fully saturated rings. The van der Waals surface area contributed by atoms with Crippen molar-refractivity contribution in [1.29, 1.82) is 0 Å². The minimum absolute atomic E-state index is 0.246. The number of benzene rings is 1. The van der Waals surface area contributed by atoms with E-state index in [1.807, 2.05) is 0 Å². The number of ketones is 1. The van der Waals surface area contributed by atoms with Crippen molar-refractivity contribution < 1.29 is 34.7 Å². The van der Waals surface area contributed by atoms with Gasteiger partial charge in [-0.3, -0.25) is 4.79 Å². The summed E-state index contributed by atoms with van der Waals surface area (Å²) in [7, 11) is 1.24. The molecule has 0 spiro atoms. The number of ether oxygens (including phenoxy) is 2. The Bertz CT molecular complexity index is 475. The first-order valence-electron chi connectivity index (χ1n) is 6.47. The maximum atomic E-state index is 12.1. The van der Waals surface area contributed by atoms with E-state index in [0.29, 0.717) is 0 Å². The van der Waals surface area contributed by atoms with E-state index in [2.05, 4.69) is 0 Å². The Morgan fingerprint density at radius 1 is 1.14 bits per heavy atom. The second kappa shape index (κ2) is 6.61. The van der Waals surface area contributed by atoms with Crippen molar-refractivity contribution in [1.82, 2.24) is 0 Å². The van der Waals surface area contributed by atoms with Crippen molar-refractivity contribution >= 4 is 5.78 Å². The summed E-state index contributed by atoms with van der Waals surface area (Å²) in [6.45, 7) is 0. The van der Waals surface area contributed by atoms with Crippen LogP contribution < -0.4 is 0 Å². The van der Waals surface area contributed by atoms with Crippen LogP contribution in [-0.2, 0) is 9.47 Å². The molecule has 7 heteroatoms. The molecule has 1 heterocycles. The number of rotatable bonds is 4. The molecule has 1 aromatic carbocycles. The Hall–Kier alpha value is -1.35. The van der Waals surface area contributed by atoms with E-state index in [4.69, 9.17) is 9.47 Å². The predicted octanol–water partition coefficient (Wildman–Crippen LogP) is -1.32. The number of aliphatic hydroxyl groups is 4. The van der Waals surface area contributed by atoms with Gasteiger partial charge in [0.2, 0.25) is 0 Å². The van der Waals surface area contributed by atoms with Crippen LogP contribution in [-0.4, -0.2) is 70.1 Å². The lowest BCUT2D eigenvalue weighted by Crippen LogP contribution is -2.62. The molecule has 1 aliphatic rings. The zero-order chi connectivity index (χ0) is 15.6. The van der Waals surface area contributed by atoms with Crippen LogP contribution in [0.2, 0.25) is 0 Å². The molecule has 116 valence electrons. The summed E-state index contributed by atoms with van der Waals surface area (Å²) in [4.78, 5) is 12.1. The molecule has 0 radical (unpaired) electrons. The monoisotopic (exact) mass is 298 g/mol. The number of hydrogen-bond donors (Lipinski definition) is 4. The van der Waals surface area contributed by atoms with E-state index in [9.17, 15) is 25.2 Å². The zero-order valence-corrected chi connectivity index (χ0v) is 11.4. The van der Waals surface area contributed by atoms with Gasteiger partial charge in [-0.2, -0.15) is 0 Å². The molecule has 0 aromatic heterocycles. The first-order chi connectivity index (χ1) is 9.97. The van der Waals surface area contributed by atoms with Gasteiger partial charge in [-0.1, -0.05) is 30.3 Å². The van der Waals surface area contributed by atoms with Crippen molar-refractivity contribution in [3.63, 3.8) is 0 Å². The molecule has 0 amide bonds. The normalized spacial score (nSPS) is 34.4. The van der Waals surface area contributed by atoms with Crippen molar-refractivity contribution in [2.24, 2.45) is 0 Å². The largest absolute Gasteiger partial charge is 0.387 e. The van der Waals surface area contributed by atoms with Crippen LogP contribution in [0.5, 0.6) is 0 Å². The Morgan fingerprint density at radius 3 is 2.33 bits per heavy atom. The highest BCUT2D eigenvalue weighted by Crippen LogP contribution is 2.25. The van der Waals surface area contributed by atoms with Gasteiger partial charge in [0, 0.05) is 12.7 Å². The quantitative estimate of drug-likeness (QED) is 0.510. The fourth-order valence-electron chi connectivity index (χ4n) is 2.25. The van der Waals surface area contributed by atoms with Gasteiger partial charge in [0.05, 0.1) is 0 Å². The van der Waals surface area contributed by atoms with Crippen LogP contribution in [0, 0.1) is 0 Å². The lowest BCUT2D eigenvalue weighted by molar-refractivity contribution is -0.299. The average molecular weight is 298 g/mol. The van der Waals surface area contributed by atoms with Gasteiger partial charge < -0.3 is 29.9 Å². The molecule has 0 saturated carbocycles. The number of Topliss-reactive ketones (excluding diaryl/α,β-unsaturated/α-hetero) is 1. The molecule has 1 saturated heterocycles. The Labute approximate surface area is 121 Å². The van der Waals surface area contributed by atoms with Crippen LogP contribution in [0.3, 0.4) is 0 Å². The van der Waals surface area contributed by atoms with E-state index < -0.39 is 42.6 Å². The van der Waals surface area contributed by atoms with Crippen molar-refractivity contribution in [2.75, 3.05) is 7.11 Å². The Kier molecular flexibility index (Phi) is 5.04. The van der Waals surface area contributed by atoms with Crippen molar-refractivity contribution in [2.45, 2.75) is 36.8 Å². The lowest BCUT2D eigenvalue weighted by Gasteiger charge is -2.41. The maximum Gasteiger partial charge on any atom is 0.194 e. The van der Waals surface area contributed by atoms with E-state index in [-0.39, 0.29) is 5.56 Å². The average Bonchev–Trinajstić information content (AvgIpc) is 2.52. The van der Waals surface area contributed by atoms with Crippen molar-refractivity contribution in [3.8, 4) is 0 Å². The van der Waals surface area contributed by atoms with Crippen LogP contribution >= 0.6 is 0 Å². The molecule has 0 bridgehead atoms. The molecule has 6 atom stereocenters. The third-order valence-corrected chi connectivity index (χ3v) is 3.48. The summed E-state index contributed by atoms with van der Waals surface area (Å²) in [6, 6.07) is 8.01. The number of hydrogen-bond acceptors (Lipinski definition) is 7. The number of aliphatic hydroxyl groups excluding tert-OH is 4. The third-order valence-electron chi connectivity index (χ3n) is 3.48. The molecule has 1 aromatic rings. The van der Waals surface area contributed by atoms with Gasteiger partial charge in [-0.25, -0.2) is 0 Å². The SMILES string of the molecule is CO[C@H]1O[C@H](C(O)C(=O)c2ccccc2)[C@@H](O)[C@H](O)[C@H]1O. The summed E-state index contributed by atoms with van der Waals surface area (Å²) in [5.41, 5.74) is 0.246. The van der Waals surface area contributed by atoms with E-state index in [1.54, 1.807) is 18.2 Å². The first-order valence-corrected chi connectivity index (χ1v) is 6.47. The Balaban J connectivity index is 2.17. The lowest BCUT2D eigenvalue weighted by atomic mass is 9.92. The molecule has 21 heavy (non-hydrogen) atoms. The minimum Gasteiger partial charge on any atom is -0.387 e. The highest BCUT2D eigenvalue weighted by molar-refractivity contribution is 5.99. The van der Waals surface area contributed by atoms with Gasteiger partial charge in [0.1, 0.15) is 30.5 Å². The molecule has 1 aliphatic heterocycles. The topological polar surface area (TPSA) is 116 Å². The molecular formula is C14H18O7. The maximum absolute atomic E-state index is 12.1. The van der Waals surface area contributed by atoms with Gasteiger partial charge >= 0.3 is 0 Å². The van der Waals surface area contributed by atoms with Crippen LogP contribution in [0.25, 0.3) is 0 Å². The Morgan fingerprint density at radius 2 is 1.76 bits per heavy atom. The van der Waals surface area contributed by atoms with Gasteiger partial charge in [0.25, 0.3) is 0 Å². The van der Waals surface area contributed by atoms with Crippen molar-refractivity contribution in [3.05, 3.63) is 35.9 Å². The zero-order valence-electron chi connectivity index (χ0n) is 11.4. The standard InChI is InChI=1S/C14H18O7/c1-20-14-12(19)9(16)11(18)13(21-14)10(17)8(15)7-5-3-2-4-6-7/h2-6,9-14,16-19H,1H3/t9-,10?,11-,12+,13+,14-/m0/s1. The third kappa shape index (κ3) is 3.13. The van der Waals surface area contributed by atoms with Crippen LogP contribution in [0.4, 0.5) is 0 Å². The smallest absolute Gasteiger partial charge is 0.194 e. The fraction of sp³-hybridized carbons (Fsp3) is 0.500. The number of methoxy groups -OCH3 is 1. The number of carbonyl (C=O) groups is 1. The van der Waals surface area contributed by atoms with Crippen LogP contribution in [0.1, 0.15) is 10.4 Å². The summed E-state index contributed by atoms with van der Waals surface area (Å²) in [5, 5.41) is 39.4. The van der Waals surface area contributed by atoms with E-state index in [0.717, 1.165) is 0 Å². The van der Waals surface area contributed by atoms with E-state index in [1.165, 1.54) is 19.2 Å². The molecule has 2 rings (SSSR count). The van der Waals surface area contributed by atoms with Gasteiger partial charge in [0.15, 0.2) is 12.1 Å². The summed E-state index contributed by atoms with van der Waals surface area (Å²) < 4.78 is 10.0. The molecule has 7 nitrogen and oxygen atoms in total. The minimum atomic E-state index is -1.69. The predicted molar refractivity (Wildman–Crippen MR) is 70.5 cm³/mol. The summed E-state index contributed by atoms with van der Waals surface area (Å²) in [5.74, 6) is -0.655. The van der Waals surface area contributed by atoms with Crippen LogP contribution in [0.15, 0.2) is 30.3 Å². The highest BCUT2D eigenvalue weighted by Gasteiger charge is 2.48. The number of carbonyl (C=O) groups excluding carboxylic acids is 1. The highest BCUT2D eigenvalue weighted by atomic mass is 16.7. The van der Waals surface area contributed by atoms with Gasteiger partial charge in [-0.15, -0.1) is 0 Å². The summed E-state index contributed by atoms with van der Waals surface area (Å²) >= 11 is 0. The molecule has 4 N–H and O–H groups in total. The van der Waals surface area contributed by atoms with Gasteiger partial charge in [-0.05, 0) is 0 Å². The second-order valence-corrected chi connectivity index (χ2v) is 4.85. The summed E-state index contributed by atoms with van der Waals surface area (Å²) in [6.07, 6.45) is -9.02. The molecule has 1 unspecified atom stereocenters. The van der Waals surface area contributed by atoms with E-state index >= 15 is 0 Å².